The van der Waals surface area contributed by atoms with Crippen LogP contribution in [0.25, 0.3) is 0 Å². The molecule has 0 aromatic heterocycles. The molecule has 2 nitrogen and oxygen atoms in total. The first-order valence-electron chi connectivity index (χ1n) is 9.85. The van der Waals surface area contributed by atoms with Crippen molar-refractivity contribution in [1.29, 1.82) is 0 Å². The average Bonchev–Trinajstić information content (AvgIpc) is 3.06. The van der Waals surface area contributed by atoms with Gasteiger partial charge >= 0.3 is 0 Å². The molecule has 3 fully saturated rings. The summed E-state index contributed by atoms with van der Waals surface area (Å²) in [5.74, 6) is 0.943. The van der Waals surface area contributed by atoms with Crippen LogP contribution in [0.4, 0.5) is 0 Å². The van der Waals surface area contributed by atoms with Crippen LogP contribution in [0, 0.1) is 12.8 Å². The Labute approximate surface area is 141 Å². The SMILES string of the molecule is Cc1ccccc1CN1CCN2CCCC2C1C1CCCCC1. The highest BCUT2D eigenvalue weighted by Crippen LogP contribution is 2.38. The van der Waals surface area contributed by atoms with Gasteiger partial charge < -0.3 is 0 Å². The molecule has 3 aliphatic rings. The Kier molecular flexibility index (Phi) is 4.73. The molecule has 1 aliphatic carbocycles. The lowest BCUT2D eigenvalue weighted by Crippen LogP contribution is -2.59. The number of rotatable bonds is 3. The summed E-state index contributed by atoms with van der Waals surface area (Å²) in [6.45, 7) is 7.35. The zero-order valence-corrected chi connectivity index (χ0v) is 14.7. The van der Waals surface area contributed by atoms with Gasteiger partial charge in [-0.3, -0.25) is 9.80 Å². The van der Waals surface area contributed by atoms with Crippen molar-refractivity contribution >= 4 is 0 Å². The molecule has 0 bridgehead atoms. The van der Waals surface area contributed by atoms with E-state index in [2.05, 4.69) is 41.0 Å². The van der Waals surface area contributed by atoms with Gasteiger partial charge in [0.1, 0.15) is 0 Å². The topological polar surface area (TPSA) is 6.48 Å². The van der Waals surface area contributed by atoms with Crippen molar-refractivity contribution in [1.82, 2.24) is 9.80 Å². The fraction of sp³-hybridized carbons (Fsp3) is 0.714. The first-order chi connectivity index (χ1) is 11.3. The lowest BCUT2D eigenvalue weighted by Gasteiger charge is -2.49. The summed E-state index contributed by atoms with van der Waals surface area (Å²) in [5.41, 5.74) is 3.00. The van der Waals surface area contributed by atoms with Gasteiger partial charge in [-0.1, -0.05) is 43.5 Å². The molecule has 2 atom stereocenters. The third kappa shape index (κ3) is 3.21. The van der Waals surface area contributed by atoms with Crippen LogP contribution in [0.1, 0.15) is 56.1 Å². The molecule has 2 aliphatic heterocycles. The maximum Gasteiger partial charge on any atom is 0.0283 e. The number of hydrogen-bond donors (Lipinski definition) is 0. The first kappa shape index (κ1) is 15.7. The second-order valence-electron chi connectivity index (χ2n) is 8.03. The number of hydrogen-bond acceptors (Lipinski definition) is 2. The highest BCUT2D eigenvalue weighted by atomic mass is 15.3. The van der Waals surface area contributed by atoms with Crippen molar-refractivity contribution < 1.29 is 0 Å². The fourth-order valence-electron chi connectivity index (χ4n) is 5.44. The van der Waals surface area contributed by atoms with E-state index >= 15 is 0 Å². The lowest BCUT2D eigenvalue weighted by atomic mass is 9.78. The molecule has 0 N–H and O–H groups in total. The van der Waals surface area contributed by atoms with Gasteiger partial charge in [0, 0.05) is 31.7 Å². The molecule has 2 heterocycles. The third-order valence-electron chi connectivity index (χ3n) is 6.67. The van der Waals surface area contributed by atoms with Gasteiger partial charge in [-0.2, -0.15) is 0 Å². The maximum absolute atomic E-state index is 2.87. The predicted octanol–water partition coefficient (Wildman–Crippen LogP) is 4.22. The minimum atomic E-state index is 0.811. The van der Waals surface area contributed by atoms with Crippen LogP contribution in [0.15, 0.2) is 24.3 Å². The molecule has 1 aromatic carbocycles. The van der Waals surface area contributed by atoms with Crippen LogP contribution < -0.4 is 0 Å². The smallest absolute Gasteiger partial charge is 0.0283 e. The maximum atomic E-state index is 2.87. The largest absolute Gasteiger partial charge is 0.298 e. The molecular weight excluding hydrogens is 280 g/mol. The quantitative estimate of drug-likeness (QED) is 0.824. The molecule has 1 aromatic rings. The van der Waals surface area contributed by atoms with Crippen molar-refractivity contribution in [2.24, 2.45) is 5.92 Å². The Bertz CT molecular complexity index is 520. The summed E-state index contributed by atoms with van der Waals surface area (Å²) in [6, 6.07) is 10.7. The van der Waals surface area contributed by atoms with E-state index in [0.29, 0.717) is 0 Å². The summed E-state index contributed by atoms with van der Waals surface area (Å²) in [7, 11) is 0. The second kappa shape index (κ2) is 6.94. The number of fused-ring (bicyclic) bond motifs is 1. The van der Waals surface area contributed by atoms with Gasteiger partial charge in [-0.25, -0.2) is 0 Å². The molecule has 0 amide bonds. The third-order valence-corrected chi connectivity index (χ3v) is 6.67. The Morgan fingerprint density at radius 3 is 2.57 bits per heavy atom. The highest BCUT2D eigenvalue weighted by molar-refractivity contribution is 5.25. The lowest BCUT2D eigenvalue weighted by molar-refractivity contribution is -0.00389. The summed E-state index contributed by atoms with van der Waals surface area (Å²) in [6.07, 6.45) is 10.2. The van der Waals surface area contributed by atoms with Gasteiger partial charge in [0.25, 0.3) is 0 Å². The van der Waals surface area contributed by atoms with Gasteiger partial charge in [0.2, 0.25) is 0 Å². The molecule has 23 heavy (non-hydrogen) atoms. The van der Waals surface area contributed by atoms with E-state index in [1.165, 1.54) is 70.1 Å². The van der Waals surface area contributed by atoms with Crippen molar-refractivity contribution in [3.8, 4) is 0 Å². The van der Waals surface area contributed by atoms with Crippen LogP contribution in [-0.4, -0.2) is 41.5 Å². The fourth-order valence-corrected chi connectivity index (χ4v) is 5.44. The van der Waals surface area contributed by atoms with E-state index in [4.69, 9.17) is 0 Å². The molecule has 0 radical (unpaired) electrons. The van der Waals surface area contributed by atoms with Gasteiger partial charge in [-0.15, -0.1) is 0 Å². The zero-order valence-electron chi connectivity index (χ0n) is 14.7. The van der Waals surface area contributed by atoms with Crippen LogP contribution >= 0.6 is 0 Å². The number of nitrogens with zero attached hydrogens (tertiary/aromatic N) is 2. The monoisotopic (exact) mass is 312 g/mol. The van der Waals surface area contributed by atoms with E-state index in [0.717, 1.165) is 24.5 Å². The predicted molar refractivity (Wildman–Crippen MR) is 96.5 cm³/mol. The van der Waals surface area contributed by atoms with Crippen molar-refractivity contribution in [2.75, 3.05) is 19.6 Å². The zero-order chi connectivity index (χ0) is 15.6. The van der Waals surface area contributed by atoms with Crippen LogP contribution in [0.3, 0.4) is 0 Å². The highest BCUT2D eigenvalue weighted by Gasteiger charge is 2.42. The minimum Gasteiger partial charge on any atom is -0.298 e. The Hall–Kier alpha value is -0.860. The molecule has 2 unspecified atom stereocenters. The average molecular weight is 313 g/mol. The van der Waals surface area contributed by atoms with E-state index in [9.17, 15) is 0 Å². The summed E-state index contributed by atoms with van der Waals surface area (Å²) in [5, 5.41) is 0. The summed E-state index contributed by atoms with van der Waals surface area (Å²) < 4.78 is 0. The second-order valence-corrected chi connectivity index (χ2v) is 8.03. The van der Waals surface area contributed by atoms with Gasteiger partial charge in [0.05, 0.1) is 0 Å². The van der Waals surface area contributed by atoms with Gasteiger partial charge in [-0.05, 0) is 56.2 Å². The van der Waals surface area contributed by atoms with Crippen molar-refractivity contribution in [3.05, 3.63) is 35.4 Å². The van der Waals surface area contributed by atoms with E-state index in [-0.39, 0.29) is 0 Å². The molecule has 4 rings (SSSR count). The molecule has 2 saturated heterocycles. The number of aryl methyl sites for hydroxylation is 1. The van der Waals surface area contributed by atoms with Crippen molar-refractivity contribution in [2.45, 2.75) is 70.5 Å². The summed E-state index contributed by atoms with van der Waals surface area (Å²) >= 11 is 0. The van der Waals surface area contributed by atoms with Crippen LogP contribution in [-0.2, 0) is 6.54 Å². The normalized spacial score (nSPS) is 30.5. The van der Waals surface area contributed by atoms with Crippen molar-refractivity contribution in [3.63, 3.8) is 0 Å². The van der Waals surface area contributed by atoms with Crippen LogP contribution in [0.2, 0.25) is 0 Å². The Balaban J connectivity index is 1.56. The summed E-state index contributed by atoms with van der Waals surface area (Å²) in [4.78, 5) is 5.68. The number of benzene rings is 1. The molecular formula is C21H32N2. The molecule has 1 saturated carbocycles. The number of piperazine rings is 1. The standard InChI is InChI=1S/C21H32N2/c1-17-8-5-6-11-19(17)16-23-15-14-22-13-7-12-20(22)21(23)18-9-3-2-4-10-18/h5-6,8,11,18,20-21H,2-4,7,9-10,12-16H2,1H3. The Morgan fingerprint density at radius 1 is 0.913 bits per heavy atom. The van der Waals surface area contributed by atoms with E-state index in [1.807, 2.05) is 0 Å². The Morgan fingerprint density at radius 2 is 1.74 bits per heavy atom. The van der Waals surface area contributed by atoms with Gasteiger partial charge in [0.15, 0.2) is 0 Å². The van der Waals surface area contributed by atoms with E-state index < -0.39 is 0 Å². The van der Waals surface area contributed by atoms with E-state index in [1.54, 1.807) is 5.56 Å². The molecule has 126 valence electrons. The first-order valence-corrected chi connectivity index (χ1v) is 9.85. The minimum absolute atomic E-state index is 0.811. The molecule has 0 spiro atoms. The van der Waals surface area contributed by atoms with Crippen LogP contribution in [0.5, 0.6) is 0 Å². The molecule has 2 heteroatoms.